The SMILES string of the molecule is O=[N+]([O-])c1ccccc1O[P+](=O)[O-].O=[N+]([O-])c1ccccc1O[P+](=O)[O-].O=[N+]([O-])c1ccccc1O[P+](=O)[O-].O=[N+]([O-])c1ccccc1O[P+](=O)[O-].[Zr+4]. The monoisotopic (exact) mass is 894 g/mol. The number of hydrogen-bond donors (Lipinski definition) is 0. The van der Waals surface area contributed by atoms with Gasteiger partial charge in [0.25, 0.3) is 23.0 Å². The van der Waals surface area contributed by atoms with Gasteiger partial charge in [0, 0.05) is 24.3 Å². The summed E-state index contributed by atoms with van der Waals surface area (Å²) in [5.74, 6) is -1.10. The van der Waals surface area contributed by atoms with Crippen molar-refractivity contribution < 1.29 is 102 Å². The molecule has 4 aromatic carbocycles. The van der Waals surface area contributed by atoms with Crippen molar-refractivity contribution in [2.45, 2.75) is 0 Å². The summed E-state index contributed by atoms with van der Waals surface area (Å²) in [5, 5.41) is 41.3. The molecule has 0 N–H and O–H groups in total. The van der Waals surface area contributed by atoms with E-state index in [-0.39, 0.29) is 72.0 Å². The predicted octanol–water partition coefficient (Wildman–Crippen LogP) is 3.96. The maximum absolute atomic E-state index is 10.3. The number of hydrogen-bond acceptors (Lipinski definition) is 20. The zero-order valence-corrected chi connectivity index (χ0v) is 31.5. The van der Waals surface area contributed by atoms with Crippen LogP contribution >= 0.6 is 33.0 Å². The summed E-state index contributed by atoms with van der Waals surface area (Å²) in [6, 6.07) is 21.0. The minimum atomic E-state index is -3.12. The topological polar surface area (TPSA) is 370 Å². The fourth-order valence-corrected chi connectivity index (χ4v) is 4.32. The molecule has 0 heterocycles. The van der Waals surface area contributed by atoms with Gasteiger partial charge in [0.1, 0.15) is 0 Å². The molecule has 0 saturated heterocycles. The van der Waals surface area contributed by atoms with Crippen LogP contribution in [-0.4, -0.2) is 19.7 Å². The molecular formula is C24H16N4O20P4Zr+4. The van der Waals surface area contributed by atoms with Gasteiger partial charge >= 0.3 is 82.0 Å². The van der Waals surface area contributed by atoms with E-state index in [4.69, 9.17) is 0 Å². The van der Waals surface area contributed by atoms with Crippen molar-refractivity contribution in [3.05, 3.63) is 138 Å². The van der Waals surface area contributed by atoms with Gasteiger partial charge in [0.2, 0.25) is 0 Å². The van der Waals surface area contributed by atoms with Crippen molar-refractivity contribution >= 4 is 55.8 Å². The summed E-state index contributed by atoms with van der Waals surface area (Å²) in [4.78, 5) is 79.0. The zero-order chi connectivity index (χ0) is 39.4. The third-order valence-corrected chi connectivity index (χ3v) is 6.32. The molecule has 0 bridgehead atoms. The Morgan fingerprint density at radius 2 is 0.509 bits per heavy atom. The molecule has 0 saturated carbocycles. The van der Waals surface area contributed by atoms with E-state index in [9.17, 15) is 78.3 Å². The molecule has 24 nitrogen and oxygen atoms in total. The Labute approximate surface area is 317 Å². The summed E-state index contributed by atoms with van der Waals surface area (Å²) >= 11 is 0. The molecule has 4 unspecified atom stereocenters. The van der Waals surface area contributed by atoms with Gasteiger partial charge in [-0.3, -0.25) is 40.5 Å². The molecule has 272 valence electrons. The van der Waals surface area contributed by atoms with E-state index in [0.717, 1.165) is 24.3 Å². The number of nitro benzene ring substituents is 4. The maximum Gasteiger partial charge on any atom is 4.00 e. The van der Waals surface area contributed by atoms with E-state index in [1.165, 1.54) is 72.8 Å². The molecule has 0 aliphatic carbocycles. The summed E-state index contributed by atoms with van der Waals surface area (Å²) in [7, 11) is -12.5. The Morgan fingerprint density at radius 3 is 0.642 bits per heavy atom. The van der Waals surface area contributed by atoms with Crippen molar-refractivity contribution in [1.29, 1.82) is 0 Å². The molecule has 4 aromatic rings. The minimum absolute atomic E-state index is 0. The summed E-state index contributed by atoms with van der Waals surface area (Å²) in [5.41, 5.74) is -1.49. The van der Waals surface area contributed by atoms with Crippen molar-refractivity contribution in [2.24, 2.45) is 0 Å². The largest absolute Gasteiger partial charge is 4.00 e. The Balaban J connectivity index is 0.000000676. The third-order valence-electron chi connectivity index (χ3n) is 4.94. The number of nitro groups is 4. The smallest absolute Gasteiger partial charge is 0.558 e. The van der Waals surface area contributed by atoms with E-state index < -0.39 is 52.7 Å². The fraction of sp³-hybridized carbons (Fsp3) is 0. The van der Waals surface area contributed by atoms with Gasteiger partial charge in [-0.2, -0.15) is 0 Å². The fourth-order valence-electron chi connectivity index (χ4n) is 3.06. The van der Waals surface area contributed by atoms with Gasteiger partial charge in [-0.25, -0.2) is 18.1 Å². The van der Waals surface area contributed by atoms with Gasteiger partial charge in [-0.15, -0.1) is 0 Å². The maximum atomic E-state index is 10.3. The Bertz CT molecular complexity index is 1700. The molecule has 0 aromatic heterocycles. The van der Waals surface area contributed by atoms with Gasteiger partial charge in [-0.1, -0.05) is 48.5 Å². The first-order valence-electron chi connectivity index (χ1n) is 12.7. The van der Waals surface area contributed by atoms with Gasteiger partial charge < -0.3 is 19.6 Å². The van der Waals surface area contributed by atoms with Gasteiger partial charge in [0.05, 0.1) is 19.7 Å². The summed E-state index contributed by atoms with van der Waals surface area (Å²) < 4.78 is 57.4. The number of para-hydroxylation sites is 8. The Kier molecular flexibility index (Phi) is 22.5. The molecule has 0 aliphatic rings. The Hall–Kier alpha value is -5.20. The normalized spacial score (nSPS) is 10.5. The standard InChI is InChI=1S/4C6H4NO5P.Zr/c4*8-7(9)5-3-1-2-4-6(5)12-13(10)11;/h4*1-4H;/q;;;;+4. The molecule has 0 amide bonds. The van der Waals surface area contributed by atoms with Crippen LogP contribution in [0, 0.1) is 40.5 Å². The molecule has 4 rings (SSSR count). The molecule has 29 heteroatoms. The zero-order valence-electron chi connectivity index (χ0n) is 25.5. The van der Waals surface area contributed by atoms with Crippen LogP contribution in [0.2, 0.25) is 0 Å². The van der Waals surface area contributed by atoms with E-state index in [1.54, 1.807) is 0 Å². The van der Waals surface area contributed by atoms with Crippen molar-refractivity contribution in [3.63, 3.8) is 0 Å². The average molecular weight is 896 g/mol. The van der Waals surface area contributed by atoms with Crippen LogP contribution in [0.5, 0.6) is 23.0 Å². The van der Waals surface area contributed by atoms with Crippen LogP contribution < -0.4 is 37.7 Å². The molecule has 0 aliphatic heterocycles. The van der Waals surface area contributed by atoms with Crippen LogP contribution in [0.25, 0.3) is 0 Å². The molecular weight excluding hydrogens is 879 g/mol. The van der Waals surface area contributed by atoms with Gasteiger partial charge in [-0.05, 0) is 42.5 Å². The second-order valence-corrected chi connectivity index (χ2v) is 10.7. The second kappa shape index (κ2) is 24.9. The van der Waals surface area contributed by atoms with E-state index in [1.807, 2.05) is 0 Å². The Morgan fingerprint density at radius 1 is 0.358 bits per heavy atom. The molecule has 0 radical (unpaired) electrons. The molecule has 0 spiro atoms. The molecule has 53 heavy (non-hydrogen) atoms. The van der Waals surface area contributed by atoms with Crippen molar-refractivity contribution in [2.75, 3.05) is 0 Å². The first kappa shape index (κ1) is 47.8. The minimum Gasteiger partial charge on any atom is -0.558 e. The summed E-state index contributed by atoms with van der Waals surface area (Å²) in [6.07, 6.45) is 0. The number of benzene rings is 4. The van der Waals surface area contributed by atoms with E-state index in [2.05, 4.69) is 18.1 Å². The van der Waals surface area contributed by atoms with Crippen molar-refractivity contribution in [3.8, 4) is 23.0 Å². The van der Waals surface area contributed by atoms with E-state index in [0.29, 0.717) is 0 Å². The average Bonchev–Trinajstić information content (AvgIpc) is 3.05. The van der Waals surface area contributed by atoms with Crippen LogP contribution in [0.3, 0.4) is 0 Å². The van der Waals surface area contributed by atoms with Crippen LogP contribution in [-0.2, 0) is 44.5 Å². The number of nitrogens with zero attached hydrogens (tertiary/aromatic N) is 4. The predicted molar refractivity (Wildman–Crippen MR) is 165 cm³/mol. The van der Waals surface area contributed by atoms with Crippen LogP contribution in [0.4, 0.5) is 22.7 Å². The van der Waals surface area contributed by atoms with Crippen molar-refractivity contribution in [1.82, 2.24) is 0 Å². The molecule has 4 atom stereocenters. The van der Waals surface area contributed by atoms with Crippen LogP contribution in [0.1, 0.15) is 0 Å². The molecule has 0 fully saturated rings. The second-order valence-electron chi connectivity index (χ2n) is 8.16. The number of rotatable bonds is 12. The quantitative estimate of drug-likeness (QED) is 0.110. The summed E-state index contributed by atoms with van der Waals surface area (Å²) in [6.45, 7) is 0. The van der Waals surface area contributed by atoms with Crippen LogP contribution in [0.15, 0.2) is 97.1 Å². The third kappa shape index (κ3) is 18.7. The first-order chi connectivity index (χ1) is 24.4. The first-order valence-corrected chi connectivity index (χ1v) is 17.1. The van der Waals surface area contributed by atoms with Gasteiger partial charge in [0.15, 0.2) is 0 Å². The van der Waals surface area contributed by atoms with E-state index >= 15 is 0 Å².